The molecule has 1 aromatic carbocycles. The van der Waals surface area contributed by atoms with Crippen LogP contribution in [-0.2, 0) is 10.2 Å². The summed E-state index contributed by atoms with van der Waals surface area (Å²) in [6.45, 7) is 0. The van der Waals surface area contributed by atoms with Crippen LogP contribution in [0.5, 0.6) is 5.75 Å². The average Bonchev–Trinajstić information content (AvgIpc) is 3.17. The Morgan fingerprint density at radius 3 is 2.56 bits per heavy atom. The van der Waals surface area contributed by atoms with Gasteiger partial charge in [0.1, 0.15) is 11.3 Å². The Labute approximate surface area is 110 Å². The molecular weight excluding hydrogens is 254 g/mol. The van der Waals surface area contributed by atoms with Gasteiger partial charge in [0.05, 0.1) is 30.7 Å². The molecule has 1 aliphatic rings. The van der Waals surface area contributed by atoms with Gasteiger partial charge < -0.3 is 9.47 Å². The fourth-order valence-electron chi connectivity index (χ4n) is 1.91. The summed E-state index contributed by atoms with van der Waals surface area (Å²) in [5, 5.41) is 9.41. The molecule has 0 saturated heterocycles. The Kier molecular flexibility index (Phi) is 3.18. The number of ether oxygens (including phenoxy) is 2. The number of methoxy groups -OCH3 is 2. The van der Waals surface area contributed by atoms with Crippen LogP contribution >= 0.6 is 11.6 Å². The highest BCUT2D eigenvalue weighted by molar-refractivity contribution is 6.34. The molecule has 0 spiro atoms. The summed E-state index contributed by atoms with van der Waals surface area (Å²) < 4.78 is 9.82. The number of carbonyl (C=O) groups is 1. The van der Waals surface area contributed by atoms with E-state index in [0.717, 1.165) is 18.4 Å². The maximum Gasteiger partial charge on any atom is 0.343 e. The number of halogens is 1. The van der Waals surface area contributed by atoms with E-state index in [2.05, 4.69) is 10.8 Å². The van der Waals surface area contributed by atoms with Crippen LogP contribution in [0.15, 0.2) is 12.1 Å². The molecule has 1 saturated carbocycles. The summed E-state index contributed by atoms with van der Waals surface area (Å²) in [6.07, 6.45) is 1.61. The van der Waals surface area contributed by atoms with E-state index in [1.165, 1.54) is 14.2 Å². The molecule has 0 radical (unpaired) electrons. The summed E-state index contributed by atoms with van der Waals surface area (Å²) in [5.41, 5.74) is 0.518. The molecule has 1 fully saturated rings. The van der Waals surface area contributed by atoms with Gasteiger partial charge in [-0.1, -0.05) is 11.6 Å². The highest BCUT2D eigenvalue weighted by Crippen LogP contribution is 2.49. The number of nitrogens with zero attached hydrogens (tertiary/aromatic N) is 1. The quantitative estimate of drug-likeness (QED) is 0.789. The minimum Gasteiger partial charge on any atom is -0.496 e. The van der Waals surface area contributed by atoms with E-state index in [0.29, 0.717) is 5.75 Å². The predicted molar refractivity (Wildman–Crippen MR) is 65.9 cm³/mol. The Bertz CT molecular complexity index is 544. The lowest BCUT2D eigenvalue weighted by molar-refractivity contribution is 0.0597. The molecule has 0 aliphatic heterocycles. The second-order valence-electron chi connectivity index (χ2n) is 4.22. The second-order valence-corrected chi connectivity index (χ2v) is 4.63. The Morgan fingerprint density at radius 1 is 1.44 bits per heavy atom. The summed E-state index contributed by atoms with van der Waals surface area (Å²) in [7, 11) is 2.73. The number of nitriles is 1. The second kappa shape index (κ2) is 4.51. The summed E-state index contributed by atoms with van der Waals surface area (Å²) in [4.78, 5) is 11.6. The van der Waals surface area contributed by atoms with Gasteiger partial charge in [-0.3, -0.25) is 0 Å². The third-order valence-corrected chi connectivity index (χ3v) is 3.48. The summed E-state index contributed by atoms with van der Waals surface area (Å²) in [6, 6.07) is 5.61. The van der Waals surface area contributed by atoms with E-state index >= 15 is 0 Å². The molecule has 94 valence electrons. The van der Waals surface area contributed by atoms with Crippen LogP contribution in [0.3, 0.4) is 0 Å². The molecule has 2 rings (SSSR count). The highest BCUT2D eigenvalue weighted by Gasteiger charge is 2.45. The molecule has 1 aliphatic carbocycles. The number of hydrogen-bond donors (Lipinski definition) is 0. The van der Waals surface area contributed by atoms with E-state index in [1.807, 2.05) is 0 Å². The van der Waals surface area contributed by atoms with Gasteiger partial charge in [0.15, 0.2) is 0 Å². The van der Waals surface area contributed by atoms with Gasteiger partial charge >= 0.3 is 5.97 Å². The highest BCUT2D eigenvalue weighted by atomic mass is 35.5. The first-order chi connectivity index (χ1) is 8.57. The van der Waals surface area contributed by atoms with Crippen LogP contribution in [0, 0.1) is 11.3 Å². The van der Waals surface area contributed by atoms with Crippen molar-refractivity contribution in [1.29, 1.82) is 5.26 Å². The molecule has 5 heteroatoms. The molecular formula is C13H12ClNO3. The van der Waals surface area contributed by atoms with Gasteiger partial charge in [-0.2, -0.15) is 5.26 Å². The van der Waals surface area contributed by atoms with Crippen LogP contribution in [-0.4, -0.2) is 20.2 Å². The van der Waals surface area contributed by atoms with Crippen LogP contribution in [0.25, 0.3) is 0 Å². The van der Waals surface area contributed by atoms with Crippen molar-refractivity contribution in [2.75, 3.05) is 14.2 Å². The summed E-state index contributed by atoms with van der Waals surface area (Å²) >= 11 is 6.09. The lowest BCUT2D eigenvalue weighted by Gasteiger charge is -2.13. The SMILES string of the molecule is COC(=O)c1c(Cl)cc(C2(C#N)CC2)cc1OC. The molecule has 4 nitrogen and oxygen atoms in total. The average molecular weight is 266 g/mol. The Balaban J connectivity index is 2.54. The molecule has 1 aromatic rings. The van der Waals surface area contributed by atoms with E-state index in [-0.39, 0.29) is 10.6 Å². The van der Waals surface area contributed by atoms with Crippen molar-refractivity contribution < 1.29 is 14.3 Å². The molecule has 0 bridgehead atoms. The third-order valence-electron chi connectivity index (χ3n) is 3.18. The zero-order valence-electron chi connectivity index (χ0n) is 10.1. The normalized spacial score (nSPS) is 15.7. The van der Waals surface area contributed by atoms with Gasteiger partial charge in [0, 0.05) is 0 Å². The number of rotatable bonds is 3. The zero-order chi connectivity index (χ0) is 13.3. The van der Waals surface area contributed by atoms with Gasteiger partial charge in [-0.15, -0.1) is 0 Å². The summed E-state index contributed by atoms with van der Waals surface area (Å²) in [5.74, 6) is -0.212. The lowest BCUT2D eigenvalue weighted by atomic mass is 9.96. The van der Waals surface area contributed by atoms with Crippen LogP contribution in [0.4, 0.5) is 0 Å². The van der Waals surface area contributed by atoms with E-state index < -0.39 is 11.4 Å². The first-order valence-electron chi connectivity index (χ1n) is 5.45. The molecule has 0 atom stereocenters. The van der Waals surface area contributed by atoms with Gasteiger partial charge in [0.25, 0.3) is 0 Å². The molecule has 0 amide bonds. The minimum absolute atomic E-state index is 0.194. The van der Waals surface area contributed by atoms with Gasteiger partial charge in [-0.05, 0) is 30.5 Å². The van der Waals surface area contributed by atoms with Gasteiger partial charge in [-0.25, -0.2) is 4.79 Å². The molecule has 0 unspecified atom stereocenters. The van der Waals surface area contributed by atoms with Crippen LogP contribution in [0.1, 0.15) is 28.8 Å². The van der Waals surface area contributed by atoms with Crippen molar-refractivity contribution in [3.8, 4) is 11.8 Å². The first kappa shape index (κ1) is 12.7. The van der Waals surface area contributed by atoms with Crippen LogP contribution in [0.2, 0.25) is 5.02 Å². The number of carbonyl (C=O) groups excluding carboxylic acids is 1. The maximum atomic E-state index is 11.6. The largest absolute Gasteiger partial charge is 0.496 e. The van der Waals surface area contributed by atoms with Crippen LogP contribution < -0.4 is 4.74 Å². The lowest BCUT2D eigenvalue weighted by Crippen LogP contribution is -2.09. The van der Waals surface area contributed by atoms with Gasteiger partial charge in [0.2, 0.25) is 0 Å². The number of esters is 1. The molecule has 0 aromatic heterocycles. The van der Waals surface area contributed by atoms with Crippen molar-refractivity contribution in [1.82, 2.24) is 0 Å². The molecule has 18 heavy (non-hydrogen) atoms. The fourth-order valence-corrected chi connectivity index (χ4v) is 2.20. The van der Waals surface area contributed by atoms with Crippen molar-refractivity contribution in [3.05, 3.63) is 28.3 Å². The number of benzene rings is 1. The maximum absolute atomic E-state index is 11.6. The topological polar surface area (TPSA) is 59.3 Å². The first-order valence-corrected chi connectivity index (χ1v) is 5.83. The van der Waals surface area contributed by atoms with E-state index in [9.17, 15) is 4.79 Å². The van der Waals surface area contributed by atoms with Crippen molar-refractivity contribution in [2.45, 2.75) is 18.3 Å². The Hall–Kier alpha value is -1.73. The third kappa shape index (κ3) is 1.91. The van der Waals surface area contributed by atoms with E-state index in [4.69, 9.17) is 21.6 Å². The van der Waals surface area contributed by atoms with Crippen molar-refractivity contribution in [3.63, 3.8) is 0 Å². The predicted octanol–water partition coefficient (Wildman–Crippen LogP) is 2.69. The minimum atomic E-state index is -0.551. The smallest absolute Gasteiger partial charge is 0.343 e. The fraction of sp³-hybridized carbons (Fsp3) is 0.385. The number of hydrogen-bond acceptors (Lipinski definition) is 4. The molecule has 0 heterocycles. The van der Waals surface area contributed by atoms with Crippen molar-refractivity contribution >= 4 is 17.6 Å². The standard InChI is InChI=1S/C13H12ClNO3/c1-17-10-6-8(13(7-15)3-4-13)5-9(14)11(10)12(16)18-2/h5-6H,3-4H2,1-2H3. The molecule has 0 N–H and O–H groups in total. The van der Waals surface area contributed by atoms with Crippen molar-refractivity contribution in [2.24, 2.45) is 0 Å². The van der Waals surface area contributed by atoms with E-state index in [1.54, 1.807) is 12.1 Å². The zero-order valence-corrected chi connectivity index (χ0v) is 10.9. The Morgan fingerprint density at radius 2 is 2.11 bits per heavy atom. The monoisotopic (exact) mass is 265 g/mol.